The second-order valence-electron chi connectivity index (χ2n) is 8.62. The Balaban J connectivity index is 1.58. The smallest absolute Gasteiger partial charge is 0.322 e. The average molecular weight is 562 g/mol. The Morgan fingerprint density at radius 3 is 2.50 bits per heavy atom. The Morgan fingerprint density at radius 1 is 1.24 bits per heavy atom. The van der Waals surface area contributed by atoms with Crippen molar-refractivity contribution in [1.29, 1.82) is 0 Å². The third-order valence-electron chi connectivity index (χ3n) is 6.18. The molecular formula is C24H23N3O9S2. The fourth-order valence-electron chi connectivity index (χ4n) is 4.27. The second-order valence-corrected chi connectivity index (χ2v) is 10.7. The number of esters is 2. The summed E-state index contributed by atoms with van der Waals surface area (Å²) >= 11 is 2.31. The van der Waals surface area contributed by atoms with Gasteiger partial charge < -0.3 is 19.5 Å². The second kappa shape index (κ2) is 10.8. The number of ether oxygens (including phenoxy) is 2. The summed E-state index contributed by atoms with van der Waals surface area (Å²) < 4.78 is 10.6. The van der Waals surface area contributed by atoms with Gasteiger partial charge in [0, 0.05) is 37.4 Å². The molecule has 1 aromatic carbocycles. The van der Waals surface area contributed by atoms with Crippen molar-refractivity contribution in [3.8, 4) is 0 Å². The molecule has 0 aliphatic carbocycles. The Bertz CT molecular complexity index is 1300. The van der Waals surface area contributed by atoms with Crippen LogP contribution in [0.25, 0.3) is 0 Å². The van der Waals surface area contributed by atoms with E-state index in [2.05, 4.69) is 0 Å². The molecule has 0 saturated carbocycles. The van der Waals surface area contributed by atoms with E-state index in [1.54, 1.807) is 17.5 Å². The van der Waals surface area contributed by atoms with E-state index in [0.717, 1.165) is 24.9 Å². The zero-order valence-electron chi connectivity index (χ0n) is 20.3. The predicted molar refractivity (Wildman–Crippen MR) is 137 cm³/mol. The van der Waals surface area contributed by atoms with E-state index in [-0.39, 0.29) is 29.7 Å². The van der Waals surface area contributed by atoms with E-state index in [1.807, 2.05) is 0 Å². The zero-order valence-corrected chi connectivity index (χ0v) is 21.9. The van der Waals surface area contributed by atoms with Crippen molar-refractivity contribution in [3.63, 3.8) is 0 Å². The molecule has 200 valence electrons. The van der Waals surface area contributed by atoms with Gasteiger partial charge in [-0.1, -0.05) is 11.8 Å². The van der Waals surface area contributed by atoms with Crippen LogP contribution in [0.3, 0.4) is 0 Å². The van der Waals surface area contributed by atoms with E-state index < -0.39 is 46.2 Å². The number of β-lactam (4-membered cyclic amide) rings is 1. The number of fused-ring (bicyclic) bond motifs is 1. The molecule has 12 nitrogen and oxygen atoms in total. The lowest BCUT2D eigenvalue weighted by atomic mass is 9.85. The number of carbonyl (C=O) groups excluding carboxylic acids is 4. The van der Waals surface area contributed by atoms with Crippen LogP contribution in [0.4, 0.5) is 10.7 Å². The van der Waals surface area contributed by atoms with E-state index in [9.17, 15) is 34.4 Å². The van der Waals surface area contributed by atoms with Crippen LogP contribution in [0.2, 0.25) is 0 Å². The van der Waals surface area contributed by atoms with Gasteiger partial charge in [-0.3, -0.25) is 34.2 Å². The van der Waals surface area contributed by atoms with Crippen LogP contribution in [0.5, 0.6) is 0 Å². The highest BCUT2D eigenvalue weighted by molar-refractivity contribution is 8.04. The number of carbonyl (C=O) groups is 4. The minimum absolute atomic E-state index is 0.112. The third-order valence-corrected chi connectivity index (χ3v) is 8.55. The summed E-state index contributed by atoms with van der Waals surface area (Å²) in [5, 5.41) is 22.8. The number of thioether (sulfide) groups is 1. The first-order chi connectivity index (χ1) is 18.1. The van der Waals surface area contributed by atoms with Gasteiger partial charge in [0.1, 0.15) is 24.6 Å². The van der Waals surface area contributed by atoms with Crippen molar-refractivity contribution in [2.45, 2.75) is 31.9 Å². The molecule has 2 aromatic rings. The molecule has 1 aromatic heterocycles. The van der Waals surface area contributed by atoms with Crippen LogP contribution in [-0.2, 0) is 35.3 Å². The number of rotatable bonds is 8. The fraction of sp³-hybridized carbons (Fsp3) is 0.333. The van der Waals surface area contributed by atoms with Gasteiger partial charge in [-0.05, 0) is 35.2 Å². The maximum atomic E-state index is 13.5. The number of nitro benzene ring substituents is 1. The van der Waals surface area contributed by atoms with Crippen molar-refractivity contribution < 1.29 is 38.7 Å². The standard InChI is InChI=1S/C24H23N3O9S2/c1-14(29)26(19-4-3-9-37-19)20-21(31)25-12-24(13-36-15(2)30,18(10-28)38-22(20)25)23(32)35-11-16-5-7-17(8-6-16)27(33)34/h3-10,20,22,28H,11-13H2,1-2H3/t20?,22-,24?/m1/s1. The summed E-state index contributed by atoms with van der Waals surface area (Å²) in [5.74, 6) is -2.27. The first-order valence-electron chi connectivity index (χ1n) is 11.3. The van der Waals surface area contributed by atoms with E-state index in [1.165, 1.54) is 52.3 Å². The molecule has 38 heavy (non-hydrogen) atoms. The molecule has 4 rings (SSSR count). The quantitative estimate of drug-likeness (QED) is 0.167. The number of amides is 2. The predicted octanol–water partition coefficient (Wildman–Crippen LogP) is 2.99. The number of hydrogen-bond donors (Lipinski definition) is 1. The molecule has 2 fully saturated rings. The number of aliphatic hydroxyl groups is 1. The molecule has 2 aliphatic heterocycles. The van der Waals surface area contributed by atoms with Gasteiger partial charge in [-0.25, -0.2) is 0 Å². The van der Waals surface area contributed by atoms with Crippen LogP contribution in [0, 0.1) is 15.5 Å². The zero-order chi connectivity index (χ0) is 27.6. The van der Waals surface area contributed by atoms with Crippen LogP contribution in [0.15, 0.2) is 52.9 Å². The van der Waals surface area contributed by atoms with Gasteiger partial charge >= 0.3 is 11.9 Å². The van der Waals surface area contributed by atoms with Gasteiger partial charge in [0.05, 0.1) is 16.2 Å². The first kappa shape index (κ1) is 27.1. The fourth-order valence-corrected chi connectivity index (χ4v) is 6.50. The Morgan fingerprint density at radius 2 is 1.95 bits per heavy atom. The molecule has 0 radical (unpaired) electrons. The maximum Gasteiger partial charge on any atom is 0.322 e. The van der Waals surface area contributed by atoms with Crippen LogP contribution in [0.1, 0.15) is 19.4 Å². The molecule has 2 aliphatic rings. The molecule has 0 bridgehead atoms. The number of nitro groups is 1. The minimum atomic E-state index is -1.72. The lowest BCUT2D eigenvalue weighted by Crippen LogP contribution is -2.74. The Hall–Kier alpha value is -3.91. The molecule has 2 amide bonds. The van der Waals surface area contributed by atoms with Crippen molar-refractivity contribution in [3.05, 3.63) is 68.6 Å². The number of aliphatic hydroxyl groups excluding tert-OH is 1. The largest absolute Gasteiger partial charge is 0.515 e. The maximum absolute atomic E-state index is 13.5. The molecule has 2 unspecified atom stereocenters. The summed E-state index contributed by atoms with van der Waals surface area (Å²) in [6, 6.07) is 8.03. The van der Waals surface area contributed by atoms with Crippen molar-refractivity contribution in [2.75, 3.05) is 18.1 Å². The lowest BCUT2D eigenvalue weighted by Gasteiger charge is -2.56. The van der Waals surface area contributed by atoms with Crippen LogP contribution in [-0.4, -0.2) is 63.3 Å². The topological polar surface area (TPSA) is 157 Å². The number of benzene rings is 1. The summed E-state index contributed by atoms with van der Waals surface area (Å²) in [7, 11) is 0. The lowest BCUT2D eigenvalue weighted by molar-refractivity contribution is -0.384. The third kappa shape index (κ3) is 4.96. The number of anilines is 1. The molecular weight excluding hydrogens is 538 g/mol. The van der Waals surface area contributed by atoms with Crippen molar-refractivity contribution in [1.82, 2.24) is 4.90 Å². The van der Waals surface area contributed by atoms with E-state index in [4.69, 9.17) is 9.47 Å². The molecule has 14 heteroatoms. The number of nitrogens with zero attached hydrogens (tertiary/aromatic N) is 3. The minimum Gasteiger partial charge on any atom is -0.515 e. The van der Waals surface area contributed by atoms with Crippen molar-refractivity contribution >= 4 is 57.5 Å². The van der Waals surface area contributed by atoms with Gasteiger partial charge in [0.15, 0.2) is 5.41 Å². The SMILES string of the molecule is CC(=O)OCC1(C(=O)OCc2ccc([N+](=O)[O-])cc2)CN2C(=O)C(N(C(C)=O)c3cccs3)[C@H]2SC1=CO. The Kier molecular flexibility index (Phi) is 7.73. The molecule has 3 atom stereocenters. The normalized spacial score (nSPS) is 23.3. The first-order valence-corrected chi connectivity index (χ1v) is 13.0. The van der Waals surface area contributed by atoms with Crippen molar-refractivity contribution in [2.24, 2.45) is 5.41 Å². The highest BCUT2D eigenvalue weighted by Gasteiger charge is 2.62. The number of hydrogen-bond acceptors (Lipinski definition) is 11. The van der Waals surface area contributed by atoms with Gasteiger partial charge in [0.25, 0.3) is 5.69 Å². The van der Waals surface area contributed by atoms with Crippen LogP contribution < -0.4 is 4.90 Å². The molecule has 0 spiro atoms. The van der Waals surface area contributed by atoms with Gasteiger partial charge in [-0.15, -0.1) is 11.3 Å². The van der Waals surface area contributed by atoms with Gasteiger partial charge in [-0.2, -0.15) is 0 Å². The van der Waals surface area contributed by atoms with E-state index in [0.29, 0.717) is 10.6 Å². The summed E-state index contributed by atoms with van der Waals surface area (Å²) in [4.78, 5) is 64.0. The highest BCUT2D eigenvalue weighted by atomic mass is 32.2. The summed E-state index contributed by atoms with van der Waals surface area (Å²) in [6.07, 6.45) is 0.724. The van der Waals surface area contributed by atoms with Crippen LogP contribution >= 0.6 is 23.1 Å². The molecule has 3 heterocycles. The van der Waals surface area contributed by atoms with E-state index >= 15 is 0 Å². The Labute approximate surface area is 224 Å². The number of thiophene rings is 1. The average Bonchev–Trinajstić information content (AvgIpc) is 3.42. The van der Waals surface area contributed by atoms with Gasteiger partial charge in [0.2, 0.25) is 11.8 Å². The number of non-ortho nitro benzene ring substituents is 1. The summed E-state index contributed by atoms with van der Waals surface area (Å²) in [6.45, 7) is 1.51. The molecule has 1 N–H and O–H groups in total. The monoisotopic (exact) mass is 561 g/mol. The summed E-state index contributed by atoms with van der Waals surface area (Å²) in [5.41, 5.74) is -1.37. The highest BCUT2D eigenvalue weighted by Crippen LogP contribution is 2.52. The molecule has 2 saturated heterocycles.